The van der Waals surface area contributed by atoms with Crippen LogP contribution in [-0.4, -0.2) is 36.5 Å². The van der Waals surface area contributed by atoms with Crippen molar-refractivity contribution in [2.45, 2.75) is 57.5 Å². The molecule has 2 aromatic carbocycles. The maximum Gasteiger partial charge on any atom is 0.326 e. The van der Waals surface area contributed by atoms with Crippen molar-refractivity contribution < 1.29 is 23.9 Å². The van der Waals surface area contributed by atoms with E-state index < -0.39 is 11.2 Å². The third kappa shape index (κ3) is 6.26. The van der Waals surface area contributed by atoms with Gasteiger partial charge in [0.15, 0.2) is 11.0 Å². The minimum atomic E-state index is -0.891. The van der Waals surface area contributed by atoms with Gasteiger partial charge in [-0.1, -0.05) is 29.8 Å². The molecule has 0 saturated heterocycles. The van der Waals surface area contributed by atoms with Gasteiger partial charge in [-0.15, -0.1) is 11.8 Å². The first-order valence-corrected chi connectivity index (χ1v) is 12.5. The summed E-state index contributed by atoms with van der Waals surface area (Å²) in [5.74, 6) is 0.546. The summed E-state index contributed by atoms with van der Waals surface area (Å²) in [7, 11) is 1.64. The van der Waals surface area contributed by atoms with Crippen LogP contribution in [0.15, 0.2) is 36.4 Å². The second kappa shape index (κ2) is 11.5. The van der Waals surface area contributed by atoms with Crippen LogP contribution in [0, 0.1) is 19.8 Å². The highest BCUT2D eigenvalue weighted by atomic mass is 32.2. The number of thioether (sulfide) groups is 1. The van der Waals surface area contributed by atoms with Crippen LogP contribution >= 0.6 is 11.8 Å². The average Bonchev–Trinajstić information content (AvgIpc) is 2.80. The number of aryl methyl sites for hydroxylation is 2. The monoisotopic (exact) mass is 468 g/mol. The SMILES string of the molecule is CCOC(=O)C(SCc1ccc(OC)cc1-c1ccc(C)cc1C)C(=O)C1CCC(=O)CC1. The Hall–Kier alpha value is -2.60. The van der Waals surface area contributed by atoms with Crippen LogP contribution in [-0.2, 0) is 24.9 Å². The van der Waals surface area contributed by atoms with Gasteiger partial charge in [0.25, 0.3) is 0 Å². The van der Waals surface area contributed by atoms with Gasteiger partial charge < -0.3 is 9.47 Å². The number of carbonyl (C=O) groups is 3. The Labute approximate surface area is 200 Å². The highest BCUT2D eigenvalue weighted by molar-refractivity contribution is 8.00. The molecule has 0 aliphatic heterocycles. The maximum atomic E-state index is 13.2. The first-order chi connectivity index (χ1) is 15.8. The standard InChI is InChI=1S/C27H32O5S/c1-5-32-27(30)26(25(29)19-7-10-21(28)11-8-19)33-16-20-9-12-22(31-4)15-24(20)23-13-6-17(2)14-18(23)3/h6,9,12-15,19,26H,5,7-8,10-11,16H2,1-4H3. The normalized spacial score (nSPS) is 15.2. The third-order valence-electron chi connectivity index (χ3n) is 6.10. The number of ether oxygens (including phenoxy) is 2. The Kier molecular flexibility index (Phi) is 8.73. The Morgan fingerprint density at radius 1 is 1.06 bits per heavy atom. The van der Waals surface area contributed by atoms with Crippen LogP contribution in [0.4, 0.5) is 0 Å². The molecule has 0 bridgehead atoms. The van der Waals surface area contributed by atoms with Gasteiger partial charge >= 0.3 is 5.97 Å². The highest BCUT2D eigenvalue weighted by Gasteiger charge is 2.35. The fraction of sp³-hybridized carbons (Fsp3) is 0.444. The van der Waals surface area contributed by atoms with E-state index in [1.54, 1.807) is 14.0 Å². The molecule has 5 nitrogen and oxygen atoms in total. The van der Waals surface area contributed by atoms with Crippen molar-refractivity contribution in [2.24, 2.45) is 5.92 Å². The number of rotatable bonds is 9. The highest BCUT2D eigenvalue weighted by Crippen LogP contribution is 2.35. The van der Waals surface area contributed by atoms with Crippen molar-refractivity contribution in [1.29, 1.82) is 0 Å². The van der Waals surface area contributed by atoms with Crippen molar-refractivity contribution in [3.05, 3.63) is 53.1 Å². The van der Waals surface area contributed by atoms with E-state index >= 15 is 0 Å². The molecule has 2 aromatic rings. The molecule has 1 aliphatic rings. The minimum absolute atomic E-state index is 0.118. The van der Waals surface area contributed by atoms with Gasteiger partial charge in [0.1, 0.15) is 11.5 Å². The molecule has 0 heterocycles. The van der Waals surface area contributed by atoms with Crippen molar-refractivity contribution in [2.75, 3.05) is 13.7 Å². The van der Waals surface area contributed by atoms with Crippen LogP contribution in [0.2, 0.25) is 0 Å². The summed E-state index contributed by atoms with van der Waals surface area (Å²) >= 11 is 1.31. The lowest BCUT2D eigenvalue weighted by atomic mass is 9.84. The second-order valence-corrected chi connectivity index (χ2v) is 9.59. The molecule has 3 rings (SSSR count). The predicted molar refractivity (Wildman–Crippen MR) is 132 cm³/mol. The summed E-state index contributed by atoms with van der Waals surface area (Å²) < 4.78 is 10.7. The lowest BCUT2D eigenvalue weighted by Crippen LogP contribution is -2.36. The predicted octanol–water partition coefficient (Wildman–Crippen LogP) is 5.47. The number of carbonyl (C=O) groups excluding carboxylic acids is 3. The van der Waals surface area contributed by atoms with E-state index in [0.29, 0.717) is 31.4 Å². The van der Waals surface area contributed by atoms with E-state index in [4.69, 9.17) is 9.47 Å². The first kappa shape index (κ1) is 25.0. The second-order valence-electron chi connectivity index (χ2n) is 8.50. The molecule has 0 N–H and O–H groups in total. The molecule has 1 saturated carbocycles. The van der Waals surface area contributed by atoms with Gasteiger partial charge in [-0.3, -0.25) is 14.4 Å². The molecule has 0 radical (unpaired) electrons. The molecule has 0 spiro atoms. The van der Waals surface area contributed by atoms with E-state index in [2.05, 4.69) is 32.0 Å². The van der Waals surface area contributed by atoms with Crippen molar-refractivity contribution in [3.8, 4) is 16.9 Å². The molecule has 33 heavy (non-hydrogen) atoms. The van der Waals surface area contributed by atoms with Crippen molar-refractivity contribution in [1.82, 2.24) is 0 Å². The van der Waals surface area contributed by atoms with Crippen molar-refractivity contribution >= 4 is 29.3 Å². The summed E-state index contributed by atoms with van der Waals surface area (Å²) in [5.41, 5.74) is 5.49. The van der Waals surface area contributed by atoms with Gasteiger partial charge in [-0.05, 0) is 68.0 Å². The number of ketones is 2. The lowest BCUT2D eigenvalue weighted by molar-refractivity contribution is -0.145. The molecule has 0 aromatic heterocycles. The van der Waals surface area contributed by atoms with Gasteiger partial charge in [0.2, 0.25) is 0 Å². The van der Waals surface area contributed by atoms with E-state index in [-0.39, 0.29) is 24.1 Å². The number of hydrogen-bond acceptors (Lipinski definition) is 6. The Morgan fingerprint density at radius 3 is 2.42 bits per heavy atom. The topological polar surface area (TPSA) is 69.7 Å². The molecule has 6 heteroatoms. The van der Waals surface area contributed by atoms with E-state index in [1.807, 2.05) is 18.2 Å². The van der Waals surface area contributed by atoms with E-state index in [9.17, 15) is 14.4 Å². The number of hydrogen-bond donors (Lipinski definition) is 0. The molecule has 0 amide bonds. The van der Waals surface area contributed by atoms with Gasteiger partial charge in [0, 0.05) is 24.5 Å². The van der Waals surface area contributed by atoms with E-state index in [0.717, 1.165) is 28.0 Å². The quantitative estimate of drug-likeness (QED) is 0.359. The fourth-order valence-electron chi connectivity index (χ4n) is 4.27. The molecular formula is C27H32O5S. The molecule has 1 fully saturated rings. The van der Waals surface area contributed by atoms with Crippen LogP contribution in [0.1, 0.15) is 49.3 Å². The van der Waals surface area contributed by atoms with Gasteiger partial charge in [-0.2, -0.15) is 0 Å². The summed E-state index contributed by atoms with van der Waals surface area (Å²) in [5, 5.41) is -0.891. The summed E-state index contributed by atoms with van der Waals surface area (Å²) in [6, 6.07) is 12.2. The number of Topliss-reactive ketones (excluding diaryl/α,β-unsaturated/α-hetero) is 2. The molecule has 1 aliphatic carbocycles. The van der Waals surface area contributed by atoms with E-state index in [1.165, 1.54) is 17.3 Å². The van der Waals surface area contributed by atoms with Crippen molar-refractivity contribution in [3.63, 3.8) is 0 Å². The zero-order valence-corrected chi connectivity index (χ0v) is 20.6. The molecule has 176 valence electrons. The number of benzene rings is 2. The first-order valence-electron chi connectivity index (χ1n) is 11.4. The summed E-state index contributed by atoms with van der Waals surface area (Å²) in [6.45, 7) is 6.11. The molecule has 1 unspecified atom stereocenters. The lowest BCUT2D eigenvalue weighted by Gasteiger charge is -2.24. The molecular weight excluding hydrogens is 436 g/mol. The van der Waals surface area contributed by atoms with Crippen LogP contribution in [0.25, 0.3) is 11.1 Å². The number of methoxy groups -OCH3 is 1. The van der Waals surface area contributed by atoms with Gasteiger partial charge in [0.05, 0.1) is 13.7 Å². The zero-order chi connectivity index (χ0) is 24.0. The summed E-state index contributed by atoms with van der Waals surface area (Å²) in [4.78, 5) is 37.5. The largest absolute Gasteiger partial charge is 0.497 e. The molecule has 1 atom stereocenters. The maximum absolute atomic E-state index is 13.2. The summed E-state index contributed by atoms with van der Waals surface area (Å²) in [6.07, 6.45) is 1.85. The fourth-order valence-corrected chi connectivity index (χ4v) is 5.43. The van der Waals surface area contributed by atoms with Crippen LogP contribution in [0.3, 0.4) is 0 Å². The van der Waals surface area contributed by atoms with Crippen LogP contribution in [0.5, 0.6) is 5.75 Å². The Bertz CT molecular complexity index is 1020. The average molecular weight is 469 g/mol. The smallest absolute Gasteiger partial charge is 0.326 e. The number of esters is 1. The zero-order valence-electron chi connectivity index (χ0n) is 19.8. The third-order valence-corrected chi connectivity index (χ3v) is 7.34. The van der Waals surface area contributed by atoms with Gasteiger partial charge in [-0.25, -0.2) is 0 Å². The van der Waals surface area contributed by atoms with Crippen LogP contribution < -0.4 is 4.74 Å². The Balaban J connectivity index is 1.87. The Morgan fingerprint density at radius 2 is 1.79 bits per heavy atom. The minimum Gasteiger partial charge on any atom is -0.497 e.